The van der Waals surface area contributed by atoms with Gasteiger partial charge >= 0.3 is 0 Å². The van der Waals surface area contributed by atoms with Crippen molar-refractivity contribution in [2.24, 2.45) is 0 Å². The summed E-state index contributed by atoms with van der Waals surface area (Å²) in [5, 5.41) is 0.497. The van der Waals surface area contributed by atoms with Gasteiger partial charge in [-0.1, -0.05) is 18.5 Å². The van der Waals surface area contributed by atoms with E-state index in [1.54, 1.807) is 7.05 Å². The van der Waals surface area contributed by atoms with Gasteiger partial charge in [0.2, 0.25) is 10.0 Å². The van der Waals surface area contributed by atoms with E-state index in [4.69, 9.17) is 11.6 Å². The minimum atomic E-state index is -3.14. The van der Waals surface area contributed by atoms with Gasteiger partial charge in [0.15, 0.2) is 0 Å². The molecule has 1 fully saturated rings. The highest BCUT2D eigenvalue weighted by Gasteiger charge is 2.28. The molecule has 0 saturated carbocycles. The summed E-state index contributed by atoms with van der Waals surface area (Å²) in [5.41, 5.74) is 0.883. The van der Waals surface area contributed by atoms with E-state index < -0.39 is 10.0 Å². The molecule has 124 valence electrons. The lowest BCUT2D eigenvalue weighted by molar-refractivity contribution is 0.313. The molecule has 0 N–H and O–H groups in total. The third kappa shape index (κ3) is 3.70. The molecule has 1 aromatic rings. The highest BCUT2D eigenvalue weighted by Crippen LogP contribution is 2.27. The fraction of sp³-hybridized carbons (Fsp3) is 0.714. The summed E-state index contributed by atoms with van der Waals surface area (Å²) in [6.07, 6.45) is 3.56. The Balaban J connectivity index is 2.14. The Morgan fingerprint density at radius 2 is 1.91 bits per heavy atom. The zero-order valence-corrected chi connectivity index (χ0v) is 15.1. The standard InChI is InChI=1S/C14H23ClN4O2S/c1-5-12-16-13(15)10(2)14(17-12)19-8-6-11(7-9-19)18(3)22(4,20)21/h11H,5-9H2,1-4H3. The van der Waals surface area contributed by atoms with Gasteiger partial charge < -0.3 is 4.90 Å². The highest BCUT2D eigenvalue weighted by atomic mass is 35.5. The van der Waals surface area contributed by atoms with Crippen LogP contribution in [0.3, 0.4) is 0 Å². The Labute approximate surface area is 137 Å². The Hall–Kier alpha value is -0.920. The quantitative estimate of drug-likeness (QED) is 0.778. The van der Waals surface area contributed by atoms with Gasteiger partial charge in [-0.25, -0.2) is 22.7 Å². The second-order valence-corrected chi connectivity index (χ2v) is 8.13. The summed E-state index contributed by atoms with van der Waals surface area (Å²) in [6.45, 7) is 5.45. The van der Waals surface area contributed by atoms with Crippen molar-refractivity contribution in [1.29, 1.82) is 0 Å². The molecule has 0 amide bonds. The van der Waals surface area contributed by atoms with E-state index >= 15 is 0 Å². The molecule has 8 heteroatoms. The number of anilines is 1. The number of hydrogen-bond donors (Lipinski definition) is 0. The van der Waals surface area contributed by atoms with Gasteiger partial charge in [-0.3, -0.25) is 0 Å². The maximum atomic E-state index is 11.6. The average Bonchev–Trinajstić information content (AvgIpc) is 2.48. The first-order valence-corrected chi connectivity index (χ1v) is 9.67. The molecule has 0 radical (unpaired) electrons. The van der Waals surface area contributed by atoms with E-state index in [0.717, 1.165) is 49.6 Å². The minimum absolute atomic E-state index is 0.0505. The molecule has 0 aromatic carbocycles. The molecule has 22 heavy (non-hydrogen) atoms. The average molecular weight is 347 g/mol. The molecule has 0 unspecified atom stereocenters. The largest absolute Gasteiger partial charge is 0.356 e. The summed E-state index contributed by atoms with van der Waals surface area (Å²) < 4.78 is 24.8. The second kappa shape index (κ2) is 6.68. The van der Waals surface area contributed by atoms with Gasteiger partial charge in [-0.2, -0.15) is 0 Å². The summed E-state index contributed by atoms with van der Waals surface area (Å²) in [7, 11) is -1.49. The van der Waals surface area contributed by atoms with E-state index in [0.29, 0.717) is 5.15 Å². The SMILES string of the molecule is CCc1nc(Cl)c(C)c(N2CCC(N(C)S(C)(=O)=O)CC2)n1. The number of aromatic nitrogens is 2. The van der Waals surface area contributed by atoms with Crippen molar-refractivity contribution in [3.63, 3.8) is 0 Å². The number of aryl methyl sites for hydroxylation is 1. The maximum Gasteiger partial charge on any atom is 0.211 e. The van der Waals surface area contributed by atoms with Crippen molar-refractivity contribution in [1.82, 2.24) is 14.3 Å². The predicted octanol–water partition coefficient (Wildman–Crippen LogP) is 1.86. The topological polar surface area (TPSA) is 66.4 Å². The summed E-state index contributed by atoms with van der Waals surface area (Å²) in [5.74, 6) is 1.61. The van der Waals surface area contributed by atoms with E-state index in [1.165, 1.54) is 10.6 Å². The lowest BCUT2D eigenvalue weighted by Gasteiger charge is -2.36. The van der Waals surface area contributed by atoms with Crippen LogP contribution in [0.4, 0.5) is 5.82 Å². The Morgan fingerprint density at radius 1 is 1.32 bits per heavy atom. The van der Waals surface area contributed by atoms with Crippen molar-refractivity contribution < 1.29 is 8.42 Å². The molecule has 0 bridgehead atoms. The number of hydrogen-bond acceptors (Lipinski definition) is 5. The first-order chi connectivity index (χ1) is 10.2. The molecule has 1 saturated heterocycles. The van der Waals surface area contributed by atoms with Crippen LogP contribution in [0, 0.1) is 6.92 Å². The van der Waals surface area contributed by atoms with Crippen molar-refractivity contribution in [2.45, 2.75) is 39.2 Å². The fourth-order valence-corrected chi connectivity index (χ4v) is 3.63. The van der Waals surface area contributed by atoms with Gasteiger partial charge in [-0.15, -0.1) is 0 Å². The van der Waals surface area contributed by atoms with Crippen LogP contribution < -0.4 is 4.90 Å². The van der Waals surface area contributed by atoms with Crippen molar-refractivity contribution in [2.75, 3.05) is 31.3 Å². The van der Waals surface area contributed by atoms with Gasteiger partial charge in [0, 0.05) is 38.2 Å². The molecule has 2 heterocycles. The van der Waals surface area contributed by atoms with Crippen molar-refractivity contribution in [3.8, 4) is 0 Å². The first-order valence-electron chi connectivity index (χ1n) is 7.45. The monoisotopic (exact) mass is 346 g/mol. The number of rotatable bonds is 4. The molecule has 1 aliphatic heterocycles. The molecule has 0 atom stereocenters. The van der Waals surface area contributed by atoms with Gasteiger partial charge in [-0.05, 0) is 19.8 Å². The lowest BCUT2D eigenvalue weighted by atomic mass is 10.0. The van der Waals surface area contributed by atoms with Crippen LogP contribution in [0.25, 0.3) is 0 Å². The highest BCUT2D eigenvalue weighted by molar-refractivity contribution is 7.88. The minimum Gasteiger partial charge on any atom is -0.356 e. The van der Waals surface area contributed by atoms with Gasteiger partial charge in [0.05, 0.1) is 6.26 Å². The Kier molecular flexibility index (Phi) is 5.29. The summed E-state index contributed by atoms with van der Waals surface area (Å²) in [4.78, 5) is 11.0. The van der Waals surface area contributed by atoms with Crippen LogP contribution in [0.15, 0.2) is 0 Å². The van der Waals surface area contributed by atoms with E-state index in [2.05, 4.69) is 14.9 Å². The Morgan fingerprint density at radius 3 is 2.41 bits per heavy atom. The molecule has 0 aliphatic carbocycles. The molecule has 2 rings (SSSR count). The van der Waals surface area contributed by atoms with E-state index in [-0.39, 0.29) is 6.04 Å². The normalized spacial score (nSPS) is 17.3. The molecular formula is C14H23ClN4O2S. The molecule has 0 spiro atoms. The van der Waals surface area contributed by atoms with Crippen LogP contribution in [-0.2, 0) is 16.4 Å². The summed E-state index contributed by atoms with van der Waals surface area (Å²) in [6, 6.07) is 0.0505. The smallest absolute Gasteiger partial charge is 0.211 e. The first kappa shape index (κ1) is 17.4. The zero-order valence-electron chi connectivity index (χ0n) is 13.5. The third-order valence-electron chi connectivity index (χ3n) is 4.22. The predicted molar refractivity (Wildman–Crippen MR) is 89.0 cm³/mol. The number of halogens is 1. The molecular weight excluding hydrogens is 324 g/mol. The number of piperidine rings is 1. The summed E-state index contributed by atoms with van der Waals surface area (Å²) >= 11 is 6.19. The zero-order chi connectivity index (χ0) is 16.5. The van der Waals surface area contributed by atoms with Crippen molar-refractivity contribution in [3.05, 3.63) is 16.5 Å². The van der Waals surface area contributed by atoms with E-state index in [1.807, 2.05) is 13.8 Å². The van der Waals surface area contributed by atoms with Crippen LogP contribution in [0.1, 0.15) is 31.2 Å². The van der Waals surface area contributed by atoms with Crippen molar-refractivity contribution >= 4 is 27.4 Å². The molecule has 6 nitrogen and oxygen atoms in total. The third-order valence-corrected chi connectivity index (χ3v) is 5.94. The number of sulfonamides is 1. The van der Waals surface area contributed by atoms with Gasteiger partial charge in [0.25, 0.3) is 0 Å². The van der Waals surface area contributed by atoms with Crippen LogP contribution in [0.2, 0.25) is 5.15 Å². The van der Waals surface area contributed by atoms with Crippen LogP contribution >= 0.6 is 11.6 Å². The Bertz CT molecular complexity index is 642. The second-order valence-electron chi connectivity index (χ2n) is 5.73. The maximum absolute atomic E-state index is 11.6. The number of nitrogens with zero attached hydrogens (tertiary/aromatic N) is 4. The van der Waals surface area contributed by atoms with Crippen LogP contribution in [-0.4, -0.2) is 55.1 Å². The van der Waals surface area contributed by atoms with Crippen LogP contribution in [0.5, 0.6) is 0 Å². The lowest BCUT2D eigenvalue weighted by Crippen LogP contribution is -2.45. The molecule has 1 aliphatic rings. The van der Waals surface area contributed by atoms with E-state index in [9.17, 15) is 8.42 Å². The van der Waals surface area contributed by atoms with Gasteiger partial charge in [0.1, 0.15) is 16.8 Å². The fourth-order valence-electron chi connectivity index (χ4n) is 2.70. The molecule has 1 aromatic heterocycles.